The van der Waals surface area contributed by atoms with Gasteiger partial charge in [-0.15, -0.1) is 0 Å². The van der Waals surface area contributed by atoms with E-state index in [1.165, 1.54) is 12.1 Å². The summed E-state index contributed by atoms with van der Waals surface area (Å²) in [5, 5.41) is 0. The Bertz CT molecular complexity index is 445. The summed E-state index contributed by atoms with van der Waals surface area (Å²) in [4.78, 5) is 4.13. The summed E-state index contributed by atoms with van der Waals surface area (Å²) in [6.07, 6.45) is 1.72. The lowest BCUT2D eigenvalue weighted by molar-refractivity contribution is 0.628. The van der Waals surface area contributed by atoms with Crippen molar-refractivity contribution in [3.05, 3.63) is 36.3 Å². The second-order valence-electron chi connectivity index (χ2n) is 3.11. The first-order valence-electron chi connectivity index (χ1n) is 4.21. The Morgan fingerprint density at radius 2 is 1.93 bits per heavy atom. The molecule has 2 aromatic rings. The molecule has 0 aliphatic heterocycles. The maximum Gasteiger partial charge on any atom is 0.142 e. The monoisotopic (exact) mass is 191 g/mol. The summed E-state index contributed by atoms with van der Waals surface area (Å²) in [6, 6.07) is 6.16. The third-order valence-electron chi connectivity index (χ3n) is 2.00. The van der Waals surface area contributed by atoms with Crippen molar-refractivity contribution in [3.63, 3.8) is 0 Å². The summed E-state index contributed by atoms with van der Waals surface area (Å²) in [6.45, 7) is 0. The zero-order valence-corrected chi connectivity index (χ0v) is 7.74. The van der Waals surface area contributed by atoms with Crippen molar-refractivity contribution in [2.24, 2.45) is 7.05 Å². The Morgan fingerprint density at radius 1 is 1.29 bits per heavy atom. The highest BCUT2D eigenvalue weighted by atomic mass is 19.1. The van der Waals surface area contributed by atoms with Gasteiger partial charge in [0, 0.05) is 18.8 Å². The average Bonchev–Trinajstić information content (AvgIpc) is 2.47. The van der Waals surface area contributed by atoms with E-state index in [2.05, 4.69) is 4.98 Å². The molecule has 3 nitrogen and oxygen atoms in total. The third-order valence-corrected chi connectivity index (χ3v) is 2.00. The van der Waals surface area contributed by atoms with Crippen molar-refractivity contribution in [1.29, 1.82) is 0 Å². The lowest BCUT2D eigenvalue weighted by Crippen LogP contribution is -1.90. The number of benzene rings is 1. The first-order valence-corrected chi connectivity index (χ1v) is 4.21. The van der Waals surface area contributed by atoms with E-state index < -0.39 is 0 Å². The van der Waals surface area contributed by atoms with Gasteiger partial charge in [0.1, 0.15) is 17.5 Å². The van der Waals surface area contributed by atoms with Gasteiger partial charge in [-0.3, -0.25) is 0 Å². The molecule has 14 heavy (non-hydrogen) atoms. The maximum atomic E-state index is 12.7. The second-order valence-corrected chi connectivity index (χ2v) is 3.11. The van der Waals surface area contributed by atoms with Gasteiger partial charge in [0.15, 0.2) is 0 Å². The normalized spacial score (nSPS) is 10.4. The van der Waals surface area contributed by atoms with Crippen LogP contribution in [0.2, 0.25) is 0 Å². The molecule has 1 aromatic heterocycles. The van der Waals surface area contributed by atoms with E-state index in [9.17, 15) is 4.39 Å². The van der Waals surface area contributed by atoms with Gasteiger partial charge >= 0.3 is 0 Å². The highest BCUT2D eigenvalue weighted by molar-refractivity contribution is 5.57. The third kappa shape index (κ3) is 1.46. The first-order chi connectivity index (χ1) is 6.66. The first kappa shape index (κ1) is 8.74. The summed E-state index contributed by atoms with van der Waals surface area (Å²) in [5.41, 5.74) is 6.39. The van der Waals surface area contributed by atoms with Gasteiger partial charge in [-0.05, 0) is 24.3 Å². The number of nitrogens with two attached hydrogens (primary N) is 1. The number of rotatable bonds is 1. The van der Waals surface area contributed by atoms with Crippen LogP contribution in [0.15, 0.2) is 30.5 Å². The molecular weight excluding hydrogens is 181 g/mol. The van der Waals surface area contributed by atoms with Crippen LogP contribution in [0, 0.1) is 5.82 Å². The largest absolute Gasteiger partial charge is 0.382 e. The molecule has 0 atom stereocenters. The molecule has 0 aliphatic rings. The van der Waals surface area contributed by atoms with E-state index in [-0.39, 0.29) is 5.82 Å². The molecule has 0 saturated heterocycles. The SMILES string of the molecule is Cn1cc(N)nc1-c1ccc(F)cc1. The van der Waals surface area contributed by atoms with Gasteiger partial charge in [0.25, 0.3) is 0 Å². The predicted octanol–water partition coefficient (Wildman–Crippen LogP) is 1.81. The predicted molar refractivity (Wildman–Crippen MR) is 53.0 cm³/mol. The quantitative estimate of drug-likeness (QED) is 0.747. The number of aromatic nitrogens is 2. The maximum absolute atomic E-state index is 12.7. The fourth-order valence-electron chi connectivity index (χ4n) is 1.36. The van der Waals surface area contributed by atoms with Crippen molar-refractivity contribution in [1.82, 2.24) is 9.55 Å². The molecule has 0 amide bonds. The number of halogens is 1. The van der Waals surface area contributed by atoms with Crippen LogP contribution >= 0.6 is 0 Å². The van der Waals surface area contributed by atoms with Gasteiger partial charge in [-0.2, -0.15) is 0 Å². The molecule has 72 valence electrons. The van der Waals surface area contributed by atoms with Gasteiger partial charge < -0.3 is 10.3 Å². The standard InChI is InChI=1S/C10H10FN3/c1-14-6-9(12)13-10(14)7-2-4-8(11)5-3-7/h2-6H,12H2,1H3. The minimum absolute atomic E-state index is 0.254. The number of imidazole rings is 1. The Morgan fingerprint density at radius 3 is 2.43 bits per heavy atom. The Hall–Kier alpha value is -1.84. The molecule has 0 saturated carbocycles. The molecule has 0 fully saturated rings. The molecule has 1 aromatic carbocycles. The van der Waals surface area contributed by atoms with Gasteiger partial charge in [-0.25, -0.2) is 9.37 Å². The van der Waals surface area contributed by atoms with E-state index >= 15 is 0 Å². The smallest absolute Gasteiger partial charge is 0.142 e. The fraction of sp³-hybridized carbons (Fsp3) is 0.100. The number of nitrogens with zero attached hydrogens (tertiary/aromatic N) is 2. The summed E-state index contributed by atoms with van der Waals surface area (Å²) in [7, 11) is 1.85. The molecule has 2 N–H and O–H groups in total. The van der Waals surface area contributed by atoms with E-state index in [1.54, 1.807) is 18.3 Å². The number of nitrogen functional groups attached to an aromatic ring is 1. The van der Waals surface area contributed by atoms with Crippen molar-refractivity contribution < 1.29 is 4.39 Å². The van der Waals surface area contributed by atoms with Crippen LogP contribution in [-0.4, -0.2) is 9.55 Å². The molecule has 0 spiro atoms. The topological polar surface area (TPSA) is 43.8 Å². The number of anilines is 1. The van der Waals surface area contributed by atoms with Crippen LogP contribution in [0.1, 0.15) is 0 Å². The van der Waals surface area contributed by atoms with Crippen LogP contribution in [0.25, 0.3) is 11.4 Å². The lowest BCUT2D eigenvalue weighted by atomic mass is 10.2. The zero-order chi connectivity index (χ0) is 10.1. The molecule has 0 bridgehead atoms. The number of hydrogen-bond acceptors (Lipinski definition) is 2. The van der Waals surface area contributed by atoms with Gasteiger partial charge in [-0.1, -0.05) is 0 Å². The Kier molecular flexibility index (Phi) is 1.96. The minimum atomic E-state index is -0.254. The van der Waals surface area contributed by atoms with Gasteiger partial charge in [0.05, 0.1) is 0 Å². The Balaban J connectivity index is 2.49. The minimum Gasteiger partial charge on any atom is -0.382 e. The van der Waals surface area contributed by atoms with Crippen LogP contribution in [0.3, 0.4) is 0 Å². The van der Waals surface area contributed by atoms with E-state index in [1.807, 2.05) is 11.6 Å². The number of aryl methyl sites for hydroxylation is 1. The average molecular weight is 191 g/mol. The summed E-state index contributed by atoms with van der Waals surface area (Å²) in [5.74, 6) is 0.949. The molecule has 0 aliphatic carbocycles. The second kappa shape index (κ2) is 3.14. The van der Waals surface area contributed by atoms with Crippen LogP contribution in [-0.2, 0) is 7.05 Å². The molecule has 1 heterocycles. The molecule has 0 unspecified atom stereocenters. The molecule has 4 heteroatoms. The lowest BCUT2D eigenvalue weighted by Gasteiger charge is -2.00. The van der Waals surface area contributed by atoms with Crippen LogP contribution in [0.4, 0.5) is 10.2 Å². The summed E-state index contributed by atoms with van der Waals surface area (Å²) < 4.78 is 14.5. The fourth-order valence-corrected chi connectivity index (χ4v) is 1.36. The molecule has 2 rings (SSSR count). The highest BCUT2D eigenvalue weighted by Gasteiger charge is 2.05. The Labute approximate surface area is 81.0 Å². The highest BCUT2D eigenvalue weighted by Crippen LogP contribution is 2.18. The van der Waals surface area contributed by atoms with Crippen molar-refractivity contribution in [2.45, 2.75) is 0 Å². The van der Waals surface area contributed by atoms with Gasteiger partial charge in [0.2, 0.25) is 0 Å². The van der Waals surface area contributed by atoms with Crippen molar-refractivity contribution in [2.75, 3.05) is 5.73 Å². The van der Waals surface area contributed by atoms with E-state index in [4.69, 9.17) is 5.73 Å². The van der Waals surface area contributed by atoms with E-state index in [0.29, 0.717) is 5.82 Å². The molecular formula is C10H10FN3. The molecule has 0 radical (unpaired) electrons. The van der Waals surface area contributed by atoms with Crippen molar-refractivity contribution in [3.8, 4) is 11.4 Å². The zero-order valence-electron chi connectivity index (χ0n) is 7.74. The number of hydrogen-bond donors (Lipinski definition) is 1. The van der Waals surface area contributed by atoms with Crippen LogP contribution in [0.5, 0.6) is 0 Å². The van der Waals surface area contributed by atoms with Crippen molar-refractivity contribution >= 4 is 5.82 Å². The van der Waals surface area contributed by atoms with Crippen LogP contribution < -0.4 is 5.73 Å². The van der Waals surface area contributed by atoms with E-state index in [0.717, 1.165) is 11.4 Å². The summed E-state index contributed by atoms with van der Waals surface area (Å²) >= 11 is 0.